The van der Waals surface area contributed by atoms with Gasteiger partial charge in [-0.2, -0.15) is 13.2 Å². The maximum absolute atomic E-state index is 12.8. The second-order valence-electron chi connectivity index (χ2n) is 5.88. The Balaban J connectivity index is 2.02. The van der Waals surface area contributed by atoms with Crippen molar-refractivity contribution in [1.82, 2.24) is 9.97 Å². The smallest absolute Gasteiger partial charge is 0.422 e. The highest BCUT2D eigenvalue weighted by atomic mass is 19.4. The molecule has 0 saturated heterocycles. The minimum Gasteiger partial charge on any atom is -0.481 e. The van der Waals surface area contributed by atoms with E-state index in [9.17, 15) is 18.0 Å². The number of nitrogens with one attached hydrogen (secondary N) is 1. The van der Waals surface area contributed by atoms with Crippen LogP contribution < -0.4 is 15.8 Å². The Morgan fingerprint density at radius 3 is 2.75 bits per heavy atom. The zero-order valence-electron chi connectivity index (χ0n) is 14.6. The third-order valence-electron chi connectivity index (χ3n) is 3.89. The van der Waals surface area contributed by atoms with Gasteiger partial charge < -0.3 is 20.5 Å². The van der Waals surface area contributed by atoms with Crippen LogP contribution in [0.5, 0.6) is 5.75 Å². The first-order valence-corrected chi connectivity index (χ1v) is 8.32. The number of amides is 1. The zero-order chi connectivity index (χ0) is 20.1. The van der Waals surface area contributed by atoms with Crippen molar-refractivity contribution >= 4 is 23.0 Å². The number of hydrogen-bond acceptors (Lipinski definition) is 6. The van der Waals surface area contributed by atoms with E-state index in [1.807, 2.05) is 0 Å². The minimum absolute atomic E-state index is 0.00551. The van der Waals surface area contributed by atoms with Gasteiger partial charge in [-0.3, -0.25) is 4.79 Å². The monoisotopic (exact) mass is 394 g/mol. The van der Waals surface area contributed by atoms with Crippen molar-refractivity contribution in [3.8, 4) is 5.75 Å². The minimum atomic E-state index is -4.51. The Morgan fingerprint density at radius 2 is 2.07 bits per heavy atom. The highest BCUT2D eigenvalue weighted by Crippen LogP contribution is 2.38. The van der Waals surface area contributed by atoms with E-state index in [2.05, 4.69) is 15.3 Å². The van der Waals surface area contributed by atoms with Gasteiger partial charge >= 0.3 is 6.18 Å². The average Bonchev–Trinajstić information content (AvgIpc) is 2.67. The molecule has 1 aromatic heterocycles. The molecule has 0 radical (unpaired) electrons. The number of nitrogens with two attached hydrogens (primary N) is 1. The van der Waals surface area contributed by atoms with Gasteiger partial charge in [-0.25, -0.2) is 9.97 Å². The number of aromatic nitrogens is 2. The fourth-order valence-electron chi connectivity index (χ4n) is 2.71. The Bertz CT molecular complexity index is 900. The molecule has 1 aliphatic heterocycles. The lowest BCUT2D eigenvalue weighted by Gasteiger charge is -2.21. The molecule has 0 unspecified atom stereocenters. The summed E-state index contributed by atoms with van der Waals surface area (Å²) in [4.78, 5) is 19.4. The van der Waals surface area contributed by atoms with E-state index in [1.165, 1.54) is 18.5 Å². The van der Waals surface area contributed by atoms with Gasteiger partial charge in [0.2, 0.25) is 0 Å². The lowest BCUT2D eigenvalue weighted by atomic mass is 9.99. The number of ether oxygens (including phenoxy) is 2. The number of primary amides is 1. The summed E-state index contributed by atoms with van der Waals surface area (Å²) in [6, 6.07) is 4.85. The fraction of sp³-hybridized carbons (Fsp3) is 0.278. The first-order chi connectivity index (χ1) is 13.3. The average molecular weight is 394 g/mol. The van der Waals surface area contributed by atoms with E-state index in [4.69, 9.17) is 15.2 Å². The number of benzene rings is 1. The molecule has 1 amide bonds. The standard InChI is InChI=1S/C18H17F3N4O3/c19-18(20,21)10-28-15-12(11-4-8-27-9-5-11)2-1-3-13(15)25-17-14(16(22)26)23-6-7-24-17/h1-4,6-7H,5,8-10H2,(H2,22,26)(H,24,25). The maximum atomic E-state index is 12.8. The third kappa shape index (κ3) is 4.77. The van der Waals surface area contributed by atoms with Crippen molar-refractivity contribution in [2.24, 2.45) is 5.73 Å². The molecule has 2 heterocycles. The highest BCUT2D eigenvalue weighted by Gasteiger charge is 2.30. The third-order valence-corrected chi connectivity index (χ3v) is 3.89. The number of halogens is 3. The number of rotatable bonds is 6. The molecule has 2 aromatic rings. The second kappa shape index (κ2) is 8.26. The van der Waals surface area contributed by atoms with E-state index < -0.39 is 18.7 Å². The van der Waals surface area contributed by atoms with E-state index in [1.54, 1.807) is 18.2 Å². The molecule has 3 N–H and O–H groups in total. The lowest BCUT2D eigenvalue weighted by molar-refractivity contribution is -0.153. The quantitative estimate of drug-likeness (QED) is 0.781. The normalized spacial score (nSPS) is 14.3. The van der Waals surface area contributed by atoms with Gasteiger partial charge in [0.25, 0.3) is 5.91 Å². The van der Waals surface area contributed by atoms with Gasteiger partial charge in [0.15, 0.2) is 23.9 Å². The van der Waals surface area contributed by atoms with Crippen LogP contribution in [0.2, 0.25) is 0 Å². The van der Waals surface area contributed by atoms with Crippen LogP contribution >= 0.6 is 0 Å². The van der Waals surface area contributed by atoms with E-state index >= 15 is 0 Å². The zero-order valence-corrected chi connectivity index (χ0v) is 14.6. The molecule has 7 nitrogen and oxygen atoms in total. The maximum Gasteiger partial charge on any atom is 0.422 e. The van der Waals surface area contributed by atoms with E-state index in [0.717, 1.165) is 5.57 Å². The summed E-state index contributed by atoms with van der Waals surface area (Å²) in [5, 5.41) is 2.81. The summed E-state index contributed by atoms with van der Waals surface area (Å²) in [5.41, 5.74) is 6.66. The van der Waals surface area contributed by atoms with Crippen LogP contribution in [0.15, 0.2) is 36.7 Å². The Labute approximate surface area is 158 Å². The Hall–Kier alpha value is -3.14. The van der Waals surface area contributed by atoms with Crippen molar-refractivity contribution < 1.29 is 27.4 Å². The molecule has 0 saturated carbocycles. The summed E-state index contributed by atoms with van der Waals surface area (Å²) in [5.74, 6) is -0.810. The summed E-state index contributed by atoms with van der Waals surface area (Å²) < 4.78 is 48.7. The molecular formula is C18H17F3N4O3. The van der Waals surface area contributed by atoms with Gasteiger partial charge in [0.05, 0.1) is 18.9 Å². The molecular weight excluding hydrogens is 377 g/mol. The number of nitrogens with zero attached hydrogens (tertiary/aromatic N) is 2. The second-order valence-corrected chi connectivity index (χ2v) is 5.88. The summed E-state index contributed by atoms with van der Waals surface area (Å²) in [6.45, 7) is -0.647. The molecule has 148 valence electrons. The number of alkyl halides is 3. The van der Waals surface area contributed by atoms with Crippen LogP contribution in [0, 0.1) is 0 Å². The molecule has 28 heavy (non-hydrogen) atoms. The summed E-state index contributed by atoms with van der Waals surface area (Å²) in [6.07, 6.45) is 0.425. The summed E-state index contributed by atoms with van der Waals surface area (Å²) >= 11 is 0. The molecule has 1 aromatic carbocycles. The molecule has 1 aliphatic rings. The number of carbonyl (C=O) groups excluding carboxylic acids is 1. The number of hydrogen-bond donors (Lipinski definition) is 2. The lowest BCUT2D eigenvalue weighted by Crippen LogP contribution is -2.21. The Morgan fingerprint density at radius 1 is 1.29 bits per heavy atom. The number of para-hydroxylation sites is 1. The van der Waals surface area contributed by atoms with E-state index in [-0.39, 0.29) is 22.9 Å². The van der Waals surface area contributed by atoms with Crippen molar-refractivity contribution in [2.45, 2.75) is 12.6 Å². The molecule has 0 spiro atoms. The van der Waals surface area contributed by atoms with Crippen LogP contribution in [-0.4, -0.2) is 41.9 Å². The van der Waals surface area contributed by atoms with Gasteiger partial charge in [-0.1, -0.05) is 18.2 Å². The largest absolute Gasteiger partial charge is 0.481 e. The van der Waals surface area contributed by atoms with Crippen molar-refractivity contribution in [2.75, 3.05) is 25.1 Å². The molecule has 0 aliphatic carbocycles. The molecule has 0 atom stereocenters. The van der Waals surface area contributed by atoms with Crippen LogP contribution in [0.1, 0.15) is 22.5 Å². The SMILES string of the molecule is NC(=O)c1nccnc1Nc1cccc(C2=CCOCC2)c1OCC(F)(F)F. The van der Waals surface area contributed by atoms with Gasteiger partial charge in [-0.15, -0.1) is 0 Å². The van der Waals surface area contributed by atoms with Crippen LogP contribution in [-0.2, 0) is 4.74 Å². The Kier molecular flexibility index (Phi) is 5.78. The topological polar surface area (TPSA) is 99.4 Å². The van der Waals surface area contributed by atoms with Crippen LogP contribution in [0.3, 0.4) is 0 Å². The van der Waals surface area contributed by atoms with Crippen LogP contribution in [0.4, 0.5) is 24.7 Å². The first kappa shape index (κ1) is 19.6. The summed E-state index contributed by atoms with van der Waals surface area (Å²) in [7, 11) is 0. The molecule has 10 heteroatoms. The predicted octanol–water partition coefficient (Wildman–Crippen LogP) is 3.06. The van der Waals surface area contributed by atoms with Crippen molar-refractivity contribution in [3.05, 3.63) is 47.9 Å². The first-order valence-electron chi connectivity index (χ1n) is 8.32. The van der Waals surface area contributed by atoms with Crippen LogP contribution in [0.25, 0.3) is 5.57 Å². The molecule has 0 bridgehead atoms. The fourth-order valence-corrected chi connectivity index (χ4v) is 2.71. The van der Waals surface area contributed by atoms with Gasteiger partial charge in [0.1, 0.15) is 0 Å². The molecule has 3 rings (SSSR count). The van der Waals surface area contributed by atoms with Gasteiger partial charge in [0, 0.05) is 18.0 Å². The number of anilines is 2. The predicted molar refractivity (Wildman–Crippen MR) is 95.2 cm³/mol. The van der Waals surface area contributed by atoms with Gasteiger partial charge in [-0.05, 0) is 18.1 Å². The van der Waals surface area contributed by atoms with Crippen molar-refractivity contribution in [1.29, 1.82) is 0 Å². The van der Waals surface area contributed by atoms with E-state index in [0.29, 0.717) is 25.2 Å². The molecule has 0 fully saturated rings. The van der Waals surface area contributed by atoms with Crippen molar-refractivity contribution in [3.63, 3.8) is 0 Å². The highest BCUT2D eigenvalue weighted by molar-refractivity contribution is 5.96. The number of carbonyl (C=O) groups is 1.